The SMILES string of the molecule is CCNc1cc(C(=O)Nc2cccc(Br)c2)cc(Cl)n1. The van der Waals surface area contributed by atoms with Crippen molar-refractivity contribution < 1.29 is 4.79 Å². The minimum Gasteiger partial charge on any atom is -0.370 e. The van der Waals surface area contributed by atoms with Crippen LogP contribution in [0.25, 0.3) is 0 Å². The molecule has 0 saturated heterocycles. The molecular weight excluding hydrogens is 342 g/mol. The highest BCUT2D eigenvalue weighted by Gasteiger charge is 2.09. The molecule has 4 nitrogen and oxygen atoms in total. The lowest BCUT2D eigenvalue weighted by Gasteiger charge is -2.08. The van der Waals surface area contributed by atoms with Gasteiger partial charge in [-0.2, -0.15) is 0 Å². The van der Waals surface area contributed by atoms with Crippen molar-refractivity contribution >= 4 is 44.9 Å². The molecule has 0 aliphatic carbocycles. The summed E-state index contributed by atoms with van der Waals surface area (Å²) in [5, 5.41) is 6.13. The molecule has 2 rings (SSSR count). The maximum Gasteiger partial charge on any atom is 0.255 e. The van der Waals surface area contributed by atoms with Crippen molar-refractivity contribution in [1.29, 1.82) is 0 Å². The van der Waals surface area contributed by atoms with Crippen LogP contribution in [-0.2, 0) is 0 Å². The third kappa shape index (κ3) is 3.95. The monoisotopic (exact) mass is 353 g/mol. The highest BCUT2D eigenvalue weighted by atomic mass is 79.9. The second kappa shape index (κ2) is 6.72. The van der Waals surface area contributed by atoms with E-state index in [4.69, 9.17) is 11.6 Å². The Bertz CT molecular complexity index is 634. The van der Waals surface area contributed by atoms with Gasteiger partial charge in [0.2, 0.25) is 0 Å². The summed E-state index contributed by atoms with van der Waals surface area (Å²) in [6, 6.07) is 10.6. The first-order valence-corrected chi connectivity index (χ1v) is 7.24. The minimum atomic E-state index is -0.230. The molecule has 0 atom stereocenters. The quantitative estimate of drug-likeness (QED) is 0.810. The maximum atomic E-state index is 12.2. The second-order valence-electron chi connectivity index (χ2n) is 4.06. The van der Waals surface area contributed by atoms with Gasteiger partial charge in [-0.15, -0.1) is 0 Å². The number of benzene rings is 1. The normalized spacial score (nSPS) is 10.2. The van der Waals surface area contributed by atoms with E-state index in [2.05, 4.69) is 31.5 Å². The summed E-state index contributed by atoms with van der Waals surface area (Å²) in [5.41, 5.74) is 1.17. The van der Waals surface area contributed by atoms with Crippen LogP contribution in [0.2, 0.25) is 5.15 Å². The number of rotatable bonds is 4. The van der Waals surface area contributed by atoms with Gasteiger partial charge in [-0.3, -0.25) is 4.79 Å². The molecule has 20 heavy (non-hydrogen) atoms. The van der Waals surface area contributed by atoms with Gasteiger partial charge in [-0.05, 0) is 37.3 Å². The number of nitrogens with zero attached hydrogens (tertiary/aromatic N) is 1. The Labute approximate surface area is 130 Å². The molecule has 0 bridgehead atoms. The molecular formula is C14H13BrClN3O. The number of amides is 1. The van der Waals surface area contributed by atoms with E-state index < -0.39 is 0 Å². The number of nitrogens with one attached hydrogen (secondary N) is 2. The summed E-state index contributed by atoms with van der Waals surface area (Å²) < 4.78 is 0.899. The molecule has 0 aliphatic rings. The Kier molecular flexibility index (Phi) is 4.98. The van der Waals surface area contributed by atoms with Crippen LogP contribution in [0.1, 0.15) is 17.3 Å². The highest BCUT2D eigenvalue weighted by molar-refractivity contribution is 9.10. The van der Waals surface area contributed by atoms with Crippen molar-refractivity contribution in [2.75, 3.05) is 17.2 Å². The van der Waals surface area contributed by atoms with Crippen molar-refractivity contribution in [2.24, 2.45) is 0 Å². The number of aromatic nitrogens is 1. The fraction of sp³-hybridized carbons (Fsp3) is 0.143. The van der Waals surface area contributed by atoms with E-state index in [0.717, 1.165) is 4.47 Å². The van der Waals surface area contributed by atoms with Gasteiger partial charge in [0.25, 0.3) is 5.91 Å². The molecule has 1 aromatic heterocycles. The van der Waals surface area contributed by atoms with Crippen LogP contribution in [-0.4, -0.2) is 17.4 Å². The highest BCUT2D eigenvalue weighted by Crippen LogP contribution is 2.19. The van der Waals surface area contributed by atoms with Crippen LogP contribution >= 0.6 is 27.5 Å². The fourth-order valence-electron chi connectivity index (χ4n) is 1.67. The third-order valence-corrected chi connectivity index (χ3v) is 3.18. The van der Waals surface area contributed by atoms with Gasteiger partial charge in [0.1, 0.15) is 11.0 Å². The topological polar surface area (TPSA) is 54.0 Å². The molecule has 2 N–H and O–H groups in total. The van der Waals surface area contributed by atoms with E-state index in [-0.39, 0.29) is 11.1 Å². The Balaban J connectivity index is 2.20. The number of hydrogen-bond acceptors (Lipinski definition) is 3. The lowest BCUT2D eigenvalue weighted by molar-refractivity contribution is 0.102. The van der Waals surface area contributed by atoms with E-state index in [1.54, 1.807) is 6.07 Å². The van der Waals surface area contributed by atoms with Crippen LogP contribution < -0.4 is 10.6 Å². The first-order chi connectivity index (χ1) is 9.58. The van der Waals surface area contributed by atoms with Gasteiger partial charge >= 0.3 is 0 Å². The Morgan fingerprint density at radius 2 is 2.15 bits per heavy atom. The summed E-state index contributed by atoms with van der Waals surface area (Å²) in [4.78, 5) is 16.3. The molecule has 104 valence electrons. The van der Waals surface area contributed by atoms with Crippen LogP contribution in [0.15, 0.2) is 40.9 Å². The van der Waals surface area contributed by atoms with E-state index >= 15 is 0 Å². The number of pyridine rings is 1. The molecule has 0 fully saturated rings. The number of anilines is 2. The average molecular weight is 355 g/mol. The van der Waals surface area contributed by atoms with Gasteiger partial charge in [0.05, 0.1) is 0 Å². The van der Waals surface area contributed by atoms with Gasteiger partial charge in [-0.25, -0.2) is 4.98 Å². The number of carbonyl (C=O) groups excluding carboxylic acids is 1. The molecule has 6 heteroatoms. The average Bonchev–Trinajstić information content (AvgIpc) is 2.38. The zero-order chi connectivity index (χ0) is 14.5. The van der Waals surface area contributed by atoms with Crippen molar-refractivity contribution in [1.82, 2.24) is 4.98 Å². The summed E-state index contributed by atoms with van der Waals surface area (Å²) in [6.07, 6.45) is 0. The van der Waals surface area contributed by atoms with Crippen LogP contribution in [0, 0.1) is 0 Å². The molecule has 2 aromatic rings. The zero-order valence-electron chi connectivity index (χ0n) is 10.8. The van der Waals surface area contributed by atoms with Crippen molar-refractivity contribution in [3.63, 3.8) is 0 Å². The second-order valence-corrected chi connectivity index (χ2v) is 5.36. The smallest absolute Gasteiger partial charge is 0.255 e. The molecule has 0 spiro atoms. The Morgan fingerprint density at radius 3 is 2.85 bits per heavy atom. The van der Waals surface area contributed by atoms with E-state index in [0.29, 0.717) is 23.6 Å². The van der Waals surface area contributed by atoms with Crippen molar-refractivity contribution in [3.05, 3.63) is 51.6 Å². The van der Waals surface area contributed by atoms with E-state index in [1.807, 2.05) is 31.2 Å². The van der Waals surface area contributed by atoms with Gasteiger partial charge in [0, 0.05) is 22.3 Å². The van der Waals surface area contributed by atoms with Crippen LogP contribution in [0.4, 0.5) is 11.5 Å². The molecule has 0 aliphatic heterocycles. The third-order valence-electron chi connectivity index (χ3n) is 2.50. The largest absolute Gasteiger partial charge is 0.370 e. The standard InChI is InChI=1S/C14H13BrClN3O/c1-2-17-13-7-9(6-12(16)19-13)14(20)18-11-5-3-4-10(15)8-11/h3-8H,2H2,1H3,(H,17,19)(H,18,20). The number of carbonyl (C=O) groups is 1. The lowest BCUT2D eigenvalue weighted by Crippen LogP contribution is -2.13. The molecule has 1 amide bonds. The summed E-state index contributed by atoms with van der Waals surface area (Å²) in [5.74, 6) is 0.353. The van der Waals surface area contributed by atoms with E-state index in [1.165, 1.54) is 6.07 Å². The minimum absolute atomic E-state index is 0.230. The predicted molar refractivity (Wildman–Crippen MR) is 85.5 cm³/mol. The lowest BCUT2D eigenvalue weighted by atomic mass is 10.2. The molecule has 0 saturated carbocycles. The van der Waals surface area contributed by atoms with Crippen molar-refractivity contribution in [3.8, 4) is 0 Å². The van der Waals surface area contributed by atoms with Gasteiger partial charge in [0.15, 0.2) is 0 Å². The van der Waals surface area contributed by atoms with Gasteiger partial charge in [-0.1, -0.05) is 33.6 Å². The fourth-order valence-corrected chi connectivity index (χ4v) is 2.28. The maximum absolute atomic E-state index is 12.2. The first-order valence-electron chi connectivity index (χ1n) is 6.07. The summed E-state index contributed by atoms with van der Waals surface area (Å²) in [7, 11) is 0. The van der Waals surface area contributed by atoms with E-state index in [9.17, 15) is 4.79 Å². The Morgan fingerprint density at radius 1 is 1.35 bits per heavy atom. The van der Waals surface area contributed by atoms with Crippen LogP contribution in [0.5, 0.6) is 0 Å². The Hall–Kier alpha value is -1.59. The number of hydrogen-bond donors (Lipinski definition) is 2. The molecule has 1 aromatic carbocycles. The summed E-state index contributed by atoms with van der Waals surface area (Å²) >= 11 is 9.28. The van der Waals surface area contributed by atoms with Crippen LogP contribution in [0.3, 0.4) is 0 Å². The zero-order valence-corrected chi connectivity index (χ0v) is 13.1. The van der Waals surface area contributed by atoms with Crippen molar-refractivity contribution in [2.45, 2.75) is 6.92 Å². The first kappa shape index (κ1) is 14.8. The summed E-state index contributed by atoms with van der Waals surface area (Å²) in [6.45, 7) is 2.66. The van der Waals surface area contributed by atoms with Gasteiger partial charge < -0.3 is 10.6 Å². The predicted octanol–water partition coefficient (Wildman–Crippen LogP) is 4.18. The molecule has 0 unspecified atom stereocenters. The molecule has 1 heterocycles. The molecule has 0 radical (unpaired) electrons. The number of halogens is 2.